The third-order valence-electron chi connectivity index (χ3n) is 5.94. The minimum Gasteiger partial charge on any atom is -0.545 e. The molecule has 190 valence electrons. The van der Waals surface area contributed by atoms with E-state index in [-0.39, 0.29) is 5.56 Å². The van der Waals surface area contributed by atoms with Crippen molar-refractivity contribution in [3.8, 4) is 0 Å². The van der Waals surface area contributed by atoms with E-state index in [1.807, 2.05) is 0 Å². The average Bonchev–Trinajstić information content (AvgIpc) is 2.96. The highest BCUT2D eigenvalue weighted by atomic mass is 32.2. The quantitative estimate of drug-likeness (QED) is 0.262. The molecule has 0 aliphatic rings. The summed E-state index contributed by atoms with van der Waals surface area (Å²) in [4.78, 5) is 9.83. The van der Waals surface area contributed by atoms with Crippen LogP contribution in [0.25, 0.3) is 0 Å². The van der Waals surface area contributed by atoms with Crippen LogP contribution in [0.3, 0.4) is 0 Å². The molecule has 0 atom stereocenters. The molecule has 0 aromatic heterocycles. The van der Waals surface area contributed by atoms with Gasteiger partial charge in [-0.1, -0.05) is 84.9 Å². The first kappa shape index (κ1) is 27.0. The summed E-state index contributed by atoms with van der Waals surface area (Å²) in [5.41, 5.74) is -0.296. The number of benzene rings is 5. The number of hydrogen-bond acceptors (Lipinski definition) is 4. The Kier molecular flexibility index (Phi) is 8.49. The molecule has 5 rings (SSSR count). The Hall–Kier alpha value is -4.09. The number of carbonyl (C=O) groups excluding carboxylic acids is 1. The first-order chi connectivity index (χ1) is 18.3. The maximum Gasteiger partial charge on any atom is 0.294 e. The predicted octanol–water partition coefficient (Wildman–Crippen LogP) is 3.60. The van der Waals surface area contributed by atoms with Gasteiger partial charge >= 0.3 is 0 Å². The third-order valence-corrected chi connectivity index (χ3v) is 11.1. The van der Waals surface area contributed by atoms with Crippen LogP contribution in [0.1, 0.15) is 10.4 Å². The van der Waals surface area contributed by atoms with Crippen LogP contribution in [-0.2, 0) is 10.1 Å². The van der Waals surface area contributed by atoms with E-state index in [4.69, 9.17) is 4.55 Å². The van der Waals surface area contributed by atoms with Crippen LogP contribution in [-0.4, -0.2) is 18.9 Å². The monoisotopic (exact) mass is 540 g/mol. The second-order valence-electron chi connectivity index (χ2n) is 8.30. The SMILES string of the molecule is O=C([O-])c1cccc(S(=O)(=O)O)c1.c1ccc([P+](c2ccccc2)(c2ccccc2)c2ccccc2)cc1. The van der Waals surface area contributed by atoms with E-state index in [9.17, 15) is 18.3 Å². The zero-order valence-electron chi connectivity index (χ0n) is 20.3. The van der Waals surface area contributed by atoms with Gasteiger partial charge in [0.2, 0.25) is 0 Å². The van der Waals surface area contributed by atoms with Crippen LogP contribution in [0.4, 0.5) is 0 Å². The lowest BCUT2D eigenvalue weighted by Gasteiger charge is -2.27. The Morgan fingerprint density at radius 2 is 0.895 bits per heavy atom. The van der Waals surface area contributed by atoms with Crippen molar-refractivity contribution < 1.29 is 22.9 Å². The van der Waals surface area contributed by atoms with Crippen LogP contribution in [0.15, 0.2) is 150 Å². The van der Waals surface area contributed by atoms with Gasteiger partial charge in [0.25, 0.3) is 10.1 Å². The van der Waals surface area contributed by atoms with Crippen molar-refractivity contribution in [1.82, 2.24) is 0 Å². The number of carbonyl (C=O) groups is 1. The van der Waals surface area contributed by atoms with E-state index in [1.165, 1.54) is 33.4 Å². The fraction of sp³-hybridized carbons (Fsp3) is 0. The molecule has 5 aromatic rings. The predicted molar refractivity (Wildman–Crippen MR) is 152 cm³/mol. The van der Waals surface area contributed by atoms with Crippen molar-refractivity contribution in [2.45, 2.75) is 4.90 Å². The fourth-order valence-corrected chi connectivity index (χ4v) is 9.08. The van der Waals surface area contributed by atoms with Gasteiger partial charge in [0.1, 0.15) is 28.5 Å². The Morgan fingerprint density at radius 3 is 1.18 bits per heavy atom. The second kappa shape index (κ2) is 12.0. The molecule has 0 saturated carbocycles. The molecule has 5 nitrogen and oxygen atoms in total. The van der Waals surface area contributed by atoms with E-state index in [0.29, 0.717) is 0 Å². The molecule has 0 fully saturated rings. The van der Waals surface area contributed by atoms with E-state index in [0.717, 1.165) is 12.1 Å². The Balaban J connectivity index is 0.000000219. The van der Waals surface area contributed by atoms with Gasteiger partial charge in [-0.2, -0.15) is 8.42 Å². The minimum absolute atomic E-state index is 0.296. The van der Waals surface area contributed by atoms with E-state index in [2.05, 4.69) is 121 Å². The molecule has 0 aliphatic heterocycles. The largest absolute Gasteiger partial charge is 0.545 e. The second-order valence-corrected chi connectivity index (χ2v) is 13.1. The number of rotatable bonds is 6. The van der Waals surface area contributed by atoms with Crippen LogP contribution >= 0.6 is 7.26 Å². The van der Waals surface area contributed by atoms with Crippen molar-refractivity contribution in [2.24, 2.45) is 0 Å². The highest BCUT2D eigenvalue weighted by Gasteiger charge is 2.47. The molecule has 0 saturated heterocycles. The van der Waals surface area contributed by atoms with Gasteiger partial charge in [0.15, 0.2) is 0 Å². The Morgan fingerprint density at radius 1 is 0.553 bits per heavy atom. The van der Waals surface area contributed by atoms with Gasteiger partial charge in [0, 0.05) is 0 Å². The van der Waals surface area contributed by atoms with Crippen molar-refractivity contribution in [1.29, 1.82) is 0 Å². The van der Waals surface area contributed by atoms with Gasteiger partial charge in [-0.15, -0.1) is 0 Å². The molecule has 0 bridgehead atoms. The molecule has 0 radical (unpaired) electrons. The van der Waals surface area contributed by atoms with Gasteiger partial charge in [-0.25, -0.2) is 0 Å². The highest BCUT2D eigenvalue weighted by Crippen LogP contribution is 2.53. The molecule has 0 heterocycles. The first-order valence-corrected chi connectivity index (χ1v) is 15.0. The summed E-state index contributed by atoms with van der Waals surface area (Å²) in [6.45, 7) is 0. The number of carboxylic acids is 1. The summed E-state index contributed by atoms with van der Waals surface area (Å²) in [6.07, 6.45) is 0. The molecule has 0 spiro atoms. The molecule has 5 aromatic carbocycles. The molecule has 1 N–H and O–H groups in total. The Bertz CT molecular complexity index is 1430. The van der Waals surface area contributed by atoms with E-state index in [1.54, 1.807) is 0 Å². The lowest BCUT2D eigenvalue weighted by Crippen LogP contribution is -2.38. The summed E-state index contributed by atoms with van der Waals surface area (Å²) in [5.74, 6) is -1.49. The van der Waals surface area contributed by atoms with Crippen LogP contribution in [0.5, 0.6) is 0 Å². The van der Waals surface area contributed by atoms with Crippen LogP contribution < -0.4 is 26.3 Å². The average molecular weight is 541 g/mol. The zero-order chi connectivity index (χ0) is 27.0. The van der Waals surface area contributed by atoms with Crippen molar-refractivity contribution in [2.75, 3.05) is 0 Å². The molecule has 38 heavy (non-hydrogen) atoms. The van der Waals surface area contributed by atoms with Crippen molar-refractivity contribution in [3.63, 3.8) is 0 Å². The number of carboxylic acid groups (broad SMARTS) is 1. The Labute approximate surface area is 223 Å². The number of aromatic carboxylic acids is 1. The van der Waals surface area contributed by atoms with Gasteiger partial charge in [0.05, 0.1) is 10.9 Å². The summed E-state index contributed by atoms with van der Waals surface area (Å²) in [5, 5.41) is 15.8. The molecule has 0 unspecified atom stereocenters. The summed E-state index contributed by atoms with van der Waals surface area (Å²) < 4.78 is 29.7. The molecular formula is C31H25O5PS. The lowest BCUT2D eigenvalue weighted by atomic mass is 10.2. The van der Waals surface area contributed by atoms with Gasteiger partial charge in [-0.3, -0.25) is 4.55 Å². The number of hydrogen-bond donors (Lipinski definition) is 1. The topological polar surface area (TPSA) is 94.5 Å². The fourth-order valence-electron chi connectivity index (χ4n) is 4.28. The summed E-state index contributed by atoms with van der Waals surface area (Å²) in [7, 11) is -6.26. The van der Waals surface area contributed by atoms with Crippen molar-refractivity contribution >= 4 is 44.6 Å². The van der Waals surface area contributed by atoms with E-state index >= 15 is 0 Å². The molecule has 0 amide bonds. The highest BCUT2D eigenvalue weighted by molar-refractivity contribution is 8.01. The smallest absolute Gasteiger partial charge is 0.294 e. The maximum absolute atomic E-state index is 10.5. The van der Waals surface area contributed by atoms with E-state index < -0.39 is 28.2 Å². The molecule has 7 heteroatoms. The minimum atomic E-state index is -4.35. The standard InChI is InChI=1S/C24H20P.C7H6O5S/c1-5-13-21(14-6-1)25(22-15-7-2-8-16-22,23-17-9-3-10-18-23)24-19-11-4-12-20-24;8-7(9)5-2-1-3-6(4-5)13(10,11)12/h1-20H;1-4H,(H,8,9)(H,10,11,12)/q+1;/p-1. The molecule has 0 aliphatic carbocycles. The van der Waals surface area contributed by atoms with Crippen LogP contribution in [0.2, 0.25) is 0 Å². The maximum atomic E-state index is 10.5. The van der Waals surface area contributed by atoms with Crippen molar-refractivity contribution in [3.05, 3.63) is 151 Å². The van der Waals surface area contributed by atoms with Gasteiger partial charge < -0.3 is 9.90 Å². The third kappa shape index (κ3) is 5.90. The zero-order valence-corrected chi connectivity index (χ0v) is 22.0. The van der Waals surface area contributed by atoms with Crippen LogP contribution in [0, 0.1) is 0 Å². The first-order valence-electron chi connectivity index (χ1n) is 11.7. The summed E-state index contributed by atoms with van der Waals surface area (Å²) in [6, 6.07) is 48.1. The summed E-state index contributed by atoms with van der Waals surface area (Å²) >= 11 is 0. The normalized spacial score (nSPS) is 11.2. The molecular weight excluding hydrogens is 515 g/mol. The van der Waals surface area contributed by atoms with Gasteiger partial charge in [-0.05, 0) is 66.2 Å². The lowest BCUT2D eigenvalue weighted by molar-refractivity contribution is -0.255.